The monoisotopic (exact) mass is 478 g/mol. The predicted molar refractivity (Wildman–Crippen MR) is 133 cm³/mol. The van der Waals surface area contributed by atoms with E-state index in [1.54, 1.807) is 13.1 Å². The van der Waals surface area contributed by atoms with Crippen molar-refractivity contribution in [1.29, 1.82) is 0 Å². The summed E-state index contributed by atoms with van der Waals surface area (Å²) in [4.78, 5) is 52.5. The summed E-state index contributed by atoms with van der Waals surface area (Å²) in [5.41, 5.74) is 9.26. The average Bonchev–Trinajstić information content (AvgIpc) is 3.21. The van der Waals surface area contributed by atoms with E-state index >= 15 is 0 Å². The highest BCUT2D eigenvalue weighted by atomic mass is 16.2. The smallest absolute Gasteiger partial charge is 0.255 e. The molecule has 0 aromatic heterocycles. The maximum atomic E-state index is 13.2. The van der Waals surface area contributed by atoms with Crippen LogP contribution >= 0.6 is 0 Å². The van der Waals surface area contributed by atoms with Gasteiger partial charge in [0.2, 0.25) is 11.8 Å². The number of aryl methyl sites for hydroxylation is 1. The first-order valence-corrected chi connectivity index (χ1v) is 12.1. The Kier molecular flexibility index (Phi) is 9.55. The van der Waals surface area contributed by atoms with Crippen LogP contribution in [0.3, 0.4) is 0 Å². The van der Waals surface area contributed by atoms with Gasteiger partial charge in [0, 0.05) is 38.5 Å². The van der Waals surface area contributed by atoms with Crippen LogP contribution in [-0.2, 0) is 33.9 Å². The Morgan fingerprint density at radius 2 is 1.91 bits per heavy atom. The minimum Gasteiger partial charge on any atom is -0.338 e. The van der Waals surface area contributed by atoms with Gasteiger partial charge < -0.3 is 25.6 Å². The molecule has 2 aromatic rings. The van der Waals surface area contributed by atoms with Gasteiger partial charge in [-0.05, 0) is 48.4 Å². The Morgan fingerprint density at radius 1 is 1.14 bits per heavy atom. The second kappa shape index (κ2) is 12.8. The fraction of sp³-hybridized carbons (Fsp3) is 0.407. The maximum absolute atomic E-state index is 13.2. The quantitative estimate of drug-likeness (QED) is 0.261. The van der Waals surface area contributed by atoms with Gasteiger partial charge in [-0.1, -0.05) is 42.5 Å². The van der Waals surface area contributed by atoms with Crippen molar-refractivity contribution in [2.75, 3.05) is 13.7 Å². The number of amides is 3. The summed E-state index contributed by atoms with van der Waals surface area (Å²) >= 11 is 0. The van der Waals surface area contributed by atoms with Crippen LogP contribution in [-0.4, -0.2) is 53.6 Å². The fourth-order valence-electron chi connectivity index (χ4n) is 4.30. The Morgan fingerprint density at radius 3 is 2.63 bits per heavy atom. The average molecular weight is 479 g/mol. The lowest BCUT2D eigenvalue weighted by atomic mass is 10.1. The number of carbonyl (C=O) groups is 4. The highest BCUT2D eigenvalue weighted by molar-refractivity contribution is 6.01. The fourth-order valence-corrected chi connectivity index (χ4v) is 4.30. The first-order chi connectivity index (χ1) is 16.9. The Balaban J connectivity index is 1.52. The molecule has 0 radical (unpaired) electrons. The molecule has 0 aliphatic carbocycles. The molecule has 2 aromatic carbocycles. The van der Waals surface area contributed by atoms with Gasteiger partial charge >= 0.3 is 0 Å². The molecule has 3 N–H and O–H groups in total. The zero-order chi connectivity index (χ0) is 25.2. The van der Waals surface area contributed by atoms with Crippen LogP contribution in [0.15, 0.2) is 48.5 Å². The van der Waals surface area contributed by atoms with Crippen LogP contribution in [0.25, 0.3) is 0 Å². The van der Waals surface area contributed by atoms with E-state index in [2.05, 4.69) is 17.4 Å². The van der Waals surface area contributed by atoms with Crippen molar-refractivity contribution in [3.63, 3.8) is 0 Å². The summed E-state index contributed by atoms with van der Waals surface area (Å²) in [6.45, 7) is 0.697. The number of hydrogen-bond acceptors (Lipinski definition) is 5. The lowest BCUT2D eigenvalue weighted by Gasteiger charge is -2.30. The zero-order valence-electron chi connectivity index (χ0n) is 20.2. The minimum atomic E-state index is -0.783. The lowest BCUT2D eigenvalue weighted by molar-refractivity contribution is -0.136. The molecular formula is C27H34N4O4. The summed E-state index contributed by atoms with van der Waals surface area (Å²) in [6.07, 6.45) is 4.10. The van der Waals surface area contributed by atoms with Crippen molar-refractivity contribution in [3.8, 4) is 0 Å². The van der Waals surface area contributed by atoms with Crippen LogP contribution in [0.2, 0.25) is 0 Å². The van der Waals surface area contributed by atoms with Crippen molar-refractivity contribution in [3.05, 3.63) is 70.8 Å². The molecule has 3 rings (SSSR count). The topological polar surface area (TPSA) is 113 Å². The maximum Gasteiger partial charge on any atom is 0.255 e. The van der Waals surface area contributed by atoms with Crippen LogP contribution in [0.5, 0.6) is 0 Å². The third-order valence-electron chi connectivity index (χ3n) is 6.31. The van der Waals surface area contributed by atoms with Crippen LogP contribution in [0.4, 0.5) is 0 Å². The summed E-state index contributed by atoms with van der Waals surface area (Å²) in [6, 6.07) is 14.8. The van der Waals surface area contributed by atoms with Crippen molar-refractivity contribution in [1.82, 2.24) is 15.1 Å². The van der Waals surface area contributed by atoms with E-state index in [9.17, 15) is 19.2 Å². The standard InChI is InChI=1S/C27H34N4O4/c1-30(19-29-25(33)12-6-5-10-20-8-3-2-4-9-20)27(35)24(11-7-15-32)31-18-22-16-21(17-28)13-14-23(22)26(31)34/h2-4,8-9,13-16,24H,5-7,10-12,17-19,28H2,1H3,(H,29,33). The van der Waals surface area contributed by atoms with Gasteiger partial charge in [0.05, 0.1) is 6.67 Å². The molecule has 0 saturated carbocycles. The molecule has 1 heterocycles. The predicted octanol–water partition coefficient (Wildman–Crippen LogP) is 2.39. The SMILES string of the molecule is CN(CNC(=O)CCCCc1ccccc1)C(=O)C(CCC=O)N1Cc2cc(CN)ccc2C1=O. The number of nitrogens with two attached hydrogens (primary N) is 1. The van der Waals surface area contributed by atoms with Crippen molar-refractivity contribution in [2.45, 2.75) is 57.7 Å². The van der Waals surface area contributed by atoms with Gasteiger partial charge in [-0.2, -0.15) is 0 Å². The zero-order valence-corrected chi connectivity index (χ0v) is 20.2. The van der Waals surface area contributed by atoms with Crippen LogP contribution in [0, 0.1) is 0 Å². The van der Waals surface area contributed by atoms with E-state index in [0.717, 1.165) is 36.7 Å². The summed E-state index contributed by atoms with van der Waals surface area (Å²) in [5.74, 6) is -0.666. The minimum absolute atomic E-state index is 0.0419. The molecule has 35 heavy (non-hydrogen) atoms. The van der Waals surface area contributed by atoms with Crippen molar-refractivity contribution in [2.24, 2.45) is 5.73 Å². The Labute approximate surface area is 206 Å². The highest BCUT2D eigenvalue weighted by Gasteiger charge is 2.37. The molecule has 186 valence electrons. The Bertz CT molecular complexity index is 1040. The third kappa shape index (κ3) is 6.99. The third-order valence-corrected chi connectivity index (χ3v) is 6.31. The number of unbranched alkanes of at least 4 members (excludes halogenated alkanes) is 1. The molecule has 3 amide bonds. The summed E-state index contributed by atoms with van der Waals surface area (Å²) in [5, 5.41) is 2.79. The summed E-state index contributed by atoms with van der Waals surface area (Å²) in [7, 11) is 1.59. The molecule has 1 aliphatic rings. The normalized spacial score (nSPS) is 13.3. The number of nitrogens with zero attached hydrogens (tertiary/aromatic N) is 2. The van der Waals surface area contributed by atoms with Gasteiger partial charge in [0.1, 0.15) is 12.3 Å². The van der Waals surface area contributed by atoms with Gasteiger partial charge in [-0.3, -0.25) is 14.4 Å². The van der Waals surface area contributed by atoms with E-state index in [1.165, 1.54) is 15.4 Å². The number of fused-ring (bicyclic) bond motifs is 1. The van der Waals surface area contributed by atoms with E-state index in [-0.39, 0.29) is 37.2 Å². The number of likely N-dealkylation sites (N-methyl/N-ethyl adjacent to an activating group) is 1. The van der Waals surface area contributed by atoms with Gasteiger partial charge in [0.15, 0.2) is 0 Å². The molecule has 1 aliphatic heterocycles. The van der Waals surface area contributed by atoms with Crippen LogP contribution < -0.4 is 11.1 Å². The van der Waals surface area contributed by atoms with E-state index in [4.69, 9.17) is 5.73 Å². The number of hydrogen-bond donors (Lipinski definition) is 2. The van der Waals surface area contributed by atoms with Crippen molar-refractivity contribution >= 4 is 24.0 Å². The van der Waals surface area contributed by atoms with Crippen molar-refractivity contribution < 1.29 is 19.2 Å². The summed E-state index contributed by atoms with van der Waals surface area (Å²) < 4.78 is 0. The van der Waals surface area contributed by atoms with E-state index in [1.807, 2.05) is 30.3 Å². The highest BCUT2D eigenvalue weighted by Crippen LogP contribution is 2.27. The molecule has 1 unspecified atom stereocenters. The van der Waals surface area contributed by atoms with Crippen LogP contribution in [0.1, 0.15) is 59.2 Å². The first-order valence-electron chi connectivity index (χ1n) is 12.1. The van der Waals surface area contributed by atoms with Gasteiger partial charge in [-0.25, -0.2) is 0 Å². The molecule has 0 saturated heterocycles. The molecule has 0 fully saturated rings. The molecule has 1 atom stereocenters. The molecule has 0 bridgehead atoms. The largest absolute Gasteiger partial charge is 0.338 e. The first kappa shape index (κ1) is 26.1. The molecule has 8 nitrogen and oxygen atoms in total. The molecule has 0 spiro atoms. The van der Waals surface area contributed by atoms with Gasteiger partial charge in [0.25, 0.3) is 5.91 Å². The lowest BCUT2D eigenvalue weighted by Crippen LogP contribution is -2.50. The Hall–Kier alpha value is -3.52. The number of aldehydes is 1. The molecule has 8 heteroatoms. The second-order valence-electron chi connectivity index (χ2n) is 8.88. The number of benzene rings is 2. The van der Waals surface area contributed by atoms with Gasteiger partial charge in [-0.15, -0.1) is 0 Å². The van der Waals surface area contributed by atoms with E-state index in [0.29, 0.717) is 25.1 Å². The number of nitrogens with one attached hydrogen (secondary N) is 1. The number of carbonyl (C=O) groups excluding carboxylic acids is 4. The van der Waals surface area contributed by atoms with E-state index < -0.39 is 6.04 Å². The second-order valence-corrected chi connectivity index (χ2v) is 8.88. The number of rotatable bonds is 13. The molecular weight excluding hydrogens is 444 g/mol.